The second-order valence-corrected chi connectivity index (χ2v) is 7.89. The van der Waals surface area contributed by atoms with Crippen LogP contribution in [0.1, 0.15) is 34.8 Å². The molecular formula is C20H20N2O3S. The van der Waals surface area contributed by atoms with Crippen LogP contribution in [-0.2, 0) is 10.0 Å². The van der Waals surface area contributed by atoms with E-state index in [0.717, 1.165) is 18.4 Å². The van der Waals surface area contributed by atoms with Crippen molar-refractivity contribution in [1.29, 1.82) is 0 Å². The van der Waals surface area contributed by atoms with E-state index in [1.165, 1.54) is 12.1 Å². The summed E-state index contributed by atoms with van der Waals surface area (Å²) in [6.45, 7) is 0.563. The molecule has 6 heteroatoms. The zero-order valence-electron chi connectivity index (χ0n) is 14.3. The molecule has 2 aromatic rings. The highest BCUT2D eigenvalue weighted by Gasteiger charge is 2.30. The molecule has 1 N–H and O–H groups in total. The topological polar surface area (TPSA) is 66.5 Å². The Morgan fingerprint density at radius 2 is 1.96 bits per heavy atom. The smallest absolute Gasteiger partial charge is 0.254 e. The molecule has 3 rings (SSSR count). The first kappa shape index (κ1) is 18.2. The van der Waals surface area contributed by atoms with E-state index in [1.807, 2.05) is 35.2 Å². The van der Waals surface area contributed by atoms with E-state index in [-0.39, 0.29) is 23.4 Å². The van der Waals surface area contributed by atoms with Crippen LogP contribution in [0.4, 0.5) is 0 Å². The highest BCUT2D eigenvalue weighted by Crippen LogP contribution is 2.33. The molecule has 5 nitrogen and oxygen atoms in total. The van der Waals surface area contributed by atoms with E-state index in [2.05, 4.69) is 10.6 Å². The van der Waals surface area contributed by atoms with E-state index in [1.54, 1.807) is 12.1 Å². The van der Waals surface area contributed by atoms with Crippen LogP contribution >= 0.6 is 0 Å². The fourth-order valence-electron chi connectivity index (χ4n) is 3.21. The molecule has 1 amide bonds. The van der Waals surface area contributed by atoms with Crippen LogP contribution < -0.4 is 4.72 Å². The molecular weight excluding hydrogens is 348 g/mol. The number of sulfonamides is 1. The third-order valence-electron chi connectivity index (χ3n) is 4.45. The predicted molar refractivity (Wildman–Crippen MR) is 99.9 cm³/mol. The Labute approximate surface area is 154 Å². The van der Waals surface area contributed by atoms with Gasteiger partial charge >= 0.3 is 0 Å². The van der Waals surface area contributed by atoms with Crippen molar-refractivity contribution in [3.05, 3.63) is 65.7 Å². The number of carbonyl (C=O) groups excluding carboxylic acids is 1. The molecule has 0 saturated carbocycles. The van der Waals surface area contributed by atoms with Crippen molar-refractivity contribution in [1.82, 2.24) is 9.62 Å². The normalized spacial score (nSPS) is 17.0. The molecule has 0 radical (unpaired) electrons. The van der Waals surface area contributed by atoms with Gasteiger partial charge in [0.1, 0.15) is 0 Å². The average Bonchev–Trinajstić information content (AvgIpc) is 3.16. The maximum Gasteiger partial charge on any atom is 0.254 e. The molecule has 134 valence electrons. The lowest BCUT2D eigenvalue weighted by Crippen LogP contribution is -2.31. The summed E-state index contributed by atoms with van der Waals surface area (Å²) in [5.41, 5.74) is 1.45. The summed E-state index contributed by atoms with van der Waals surface area (Å²) in [4.78, 5) is 14.9. The SMILES string of the molecule is C#CCNS(=O)(=O)c1cccc(C(=O)N2CCCC2c2ccccc2)c1. The molecule has 26 heavy (non-hydrogen) atoms. The van der Waals surface area contributed by atoms with Gasteiger partial charge in [0, 0.05) is 12.1 Å². The minimum atomic E-state index is -3.73. The summed E-state index contributed by atoms with van der Waals surface area (Å²) in [6.07, 6.45) is 6.93. The van der Waals surface area contributed by atoms with Crippen molar-refractivity contribution in [2.45, 2.75) is 23.8 Å². The molecule has 0 aromatic heterocycles. The third-order valence-corrected chi connectivity index (χ3v) is 5.85. The van der Waals surface area contributed by atoms with Gasteiger partial charge in [-0.25, -0.2) is 8.42 Å². The number of terminal acetylenes is 1. The van der Waals surface area contributed by atoms with Crippen molar-refractivity contribution in [2.75, 3.05) is 13.1 Å². The highest BCUT2D eigenvalue weighted by atomic mass is 32.2. The molecule has 0 aliphatic carbocycles. The zero-order chi connectivity index (χ0) is 18.6. The fourth-order valence-corrected chi connectivity index (χ4v) is 4.19. The van der Waals surface area contributed by atoms with Gasteiger partial charge < -0.3 is 4.90 Å². The van der Waals surface area contributed by atoms with Gasteiger partial charge in [-0.15, -0.1) is 6.42 Å². The fraction of sp³-hybridized carbons (Fsp3) is 0.250. The largest absolute Gasteiger partial charge is 0.332 e. The number of rotatable bonds is 5. The number of hydrogen-bond acceptors (Lipinski definition) is 3. The van der Waals surface area contributed by atoms with Crippen molar-refractivity contribution < 1.29 is 13.2 Å². The summed E-state index contributed by atoms with van der Waals surface area (Å²) >= 11 is 0. The average molecular weight is 368 g/mol. The molecule has 1 atom stereocenters. The molecule has 1 fully saturated rings. The van der Waals surface area contributed by atoms with Gasteiger partial charge in [0.25, 0.3) is 5.91 Å². The first-order chi connectivity index (χ1) is 12.5. The Balaban J connectivity index is 1.86. The number of amides is 1. The van der Waals surface area contributed by atoms with Gasteiger partial charge in [-0.1, -0.05) is 42.3 Å². The Bertz CT molecular complexity index is 933. The lowest BCUT2D eigenvalue weighted by Gasteiger charge is -2.25. The van der Waals surface area contributed by atoms with Gasteiger partial charge in [-0.3, -0.25) is 4.79 Å². The van der Waals surface area contributed by atoms with Crippen LogP contribution in [-0.4, -0.2) is 32.3 Å². The highest BCUT2D eigenvalue weighted by molar-refractivity contribution is 7.89. The Morgan fingerprint density at radius 3 is 2.69 bits per heavy atom. The van der Waals surface area contributed by atoms with Crippen LogP contribution in [0.3, 0.4) is 0 Å². The van der Waals surface area contributed by atoms with E-state index < -0.39 is 10.0 Å². The molecule has 1 heterocycles. The minimum absolute atomic E-state index is 0.0172. The zero-order valence-corrected chi connectivity index (χ0v) is 15.1. The molecule has 2 aromatic carbocycles. The number of nitrogens with zero attached hydrogens (tertiary/aromatic N) is 1. The molecule has 0 bridgehead atoms. The van der Waals surface area contributed by atoms with Gasteiger partial charge in [0.05, 0.1) is 17.5 Å². The van der Waals surface area contributed by atoms with Gasteiger partial charge in [-0.05, 0) is 36.6 Å². The number of nitrogens with one attached hydrogen (secondary N) is 1. The lowest BCUT2D eigenvalue weighted by atomic mass is 10.0. The first-order valence-corrected chi connectivity index (χ1v) is 9.90. The minimum Gasteiger partial charge on any atom is -0.332 e. The standard InChI is InChI=1S/C20H20N2O3S/c1-2-13-21-26(24,25)18-11-6-10-17(15-18)20(23)22-14-7-12-19(22)16-8-4-3-5-9-16/h1,3-6,8-11,15,19,21H,7,12-14H2. The third kappa shape index (κ3) is 3.79. The van der Waals surface area contributed by atoms with E-state index in [0.29, 0.717) is 12.1 Å². The van der Waals surface area contributed by atoms with E-state index in [4.69, 9.17) is 6.42 Å². The van der Waals surface area contributed by atoms with Crippen LogP contribution in [0, 0.1) is 12.3 Å². The van der Waals surface area contributed by atoms with Crippen molar-refractivity contribution in [2.24, 2.45) is 0 Å². The van der Waals surface area contributed by atoms with Gasteiger partial charge in [0.2, 0.25) is 10.0 Å². The van der Waals surface area contributed by atoms with Gasteiger partial charge in [0.15, 0.2) is 0 Å². The quantitative estimate of drug-likeness (QED) is 0.825. The maximum atomic E-state index is 13.0. The molecule has 1 aliphatic heterocycles. The monoisotopic (exact) mass is 368 g/mol. The van der Waals surface area contributed by atoms with E-state index >= 15 is 0 Å². The summed E-state index contributed by atoms with van der Waals surface area (Å²) in [5, 5.41) is 0. The second-order valence-electron chi connectivity index (χ2n) is 6.12. The molecule has 1 saturated heterocycles. The van der Waals surface area contributed by atoms with Crippen molar-refractivity contribution in [3.8, 4) is 12.3 Å². The van der Waals surface area contributed by atoms with Crippen molar-refractivity contribution >= 4 is 15.9 Å². The molecule has 0 spiro atoms. The predicted octanol–water partition coefficient (Wildman–Crippen LogP) is 2.58. The number of likely N-dealkylation sites (tertiary alicyclic amines) is 1. The Morgan fingerprint density at radius 1 is 1.19 bits per heavy atom. The van der Waals surface area contributed by atoms with Crippen LogP contribution in [0.15, 0.2) is 59.5 Å². The van der Waals surface area contributed by atoms with Crippen LogP contribution in [0.25, 0.3) is 0 Å². The van der Waals surface area contributed by atoms with Crippen molar-refractivity contribution in [3.63, 3.8) is 0 Å². The summed E-state index contributed by atoms with van der Waals surface area (Å²) in [6, 6.07) is 16.0. The molecule has 1 aliphatic rings. The van der Waals surface area contributed by atoms with Crippen LogP contribution in [0.2, 0.25) is 0 Å². The summed E-state index contributed by atoms with van der Waals surface area (Å²) in [5.74, 6) is 2.07. The second kappa shape index (κ2) is 7.73. The Hall–Kier alpha value is -2.62. The number of carbonyl (C=O) groups is 1. The number of hydrogen-bond donors (Lipinski definition) is 1. The van der Waals surface area contributed by atoms with Gasteiger partial charge in [-0.2, -0.15) is 4.72 Å². The van der Waals surface area contributed by atoms with E-state index in [9.17, 15) is 13.2 Å². The Kier molecular flexibility index (Phi) is 5.40. The van der Waals surface area contributed by atoms with Crippen LogP contribution in [0.5, 0.6) is 0 Å². The molecule has 1 unspecified atom stereocenters. The lowest BCUT2D eigenvalue weighted by molar-refractivity contribution is 0.0735. The summed E-state index contributed by atoms with van der Waals surface area (Å²) < 4.78 is 26.8. The number of benzene rings is 2. The maximum absolute atomic E-state index is 13.0. The first-order valence-electron chi connectivity index (χ1n) is 8.42. The summed E-state index contributed by atoms with van der Waals surface area (Å²) in [7, 11) is -3.73.